The number of benzene rings is 1. The molecule has 1 aromatic carbocycles. The fraction of sp³-hybridized carbons (Fsp3) is 0.600. The topological polar surface area (TPSA) is 32.7 Å². The van der Waals surface area contributed by atoms with Crippen LogP contribution in [0.2, 0.25) is 0 Å². The summed E-state index contributed by atoms with van der Waals surface area (Å²) in [6.45, 7) is 1.24. The van der Waals surface area contributed by atoms with Crippen molar-refractivity contribution in [3.8, 4) is 5.75 Å². The molecule has 3 nitrogen and oxygen atoms in total. The van der Waals surface area contributed by atoms with Gasteiger partial charge in [-0.25, -0.2) is 4.39 Å². The Morgan fingerprint density at radius 3 is 2.57 bits per heavy atom. The van der Waals surface area contributed by atoms with Gasteiger partial charge in [0.15, 0.2) is 11.6 Å². The average Bonchev–Trinajstić information content (AvgIpc) is 2.43. The molecule has 0 bridgehead atoms. The van der Waals surface area contributed by atoms with E-state index in [1.807, 2.05) is 0 Å². The summed E-state index contributed by atoms with van der Waals surface area (Å²) in [5.74, 6) is -1.42. The lowest BCUT2D eigenvalue weighted by atomic mass is 9.84. The number of likely N-dealkylation sites (tertiary alicyclic amines) is 1. The molecule has 6 heteroatoms. The number of halogens is 3. The van der Waals surface area contributed by atoms with E-state index < -0.39 is 23.8 Å². The standard InChI is InChI=1S/C15H20F3NO2/c1-2-8-19-9-6-15(20,7-10-19)11-4-3-5-12(13(11)16)21-14(17)18/h3-5,14,20H,2,6-10H2,1H3. The highest BCUT2D eigenvalue weighted by Crippen LogP contribution is 2.37. The van der Waals surface area contributed by atoms with Gasteiger partial charge in [-0.3, -0.25) is 0 Å². The summed E-state index contributed by atoms with van der Waals surface area (Å²) >= 11 is 0. The molecule has 1 aliphatic rings. The zero-order valence-corrected chi connectivity index (χ0v) is 12.0. The molecule has 1 fully saturated rings. The van der Waals surface area contributed by atoms with Gasteiger partial charge < -0.3 is 14.7 Å². The lowest BCUT2D eigenvalue weighted by Crippen LogP contribution is -2.43. The van der Waals surface area contributed by atoms with Crippen LogP contribution in [0.4, 0.5) is 13.2 Å². The Morgan fingerprint density at radius 2 is 2.00 bits per heavy atom. The molecule has 2 rings (SSSR count). The van der Waals surface area contributed by atoms with Gasteiger partial charge in [-0.15, -0.1) is 0 Å². The number of nitrogens with zero attached hydrogens (tertiary/aromatic N) is 1. The van der Waals surface area contributed by atoms with Gasteiger partial charge in [0, 0.05) is 18.7 Å². The zero-order chi connectivity index (χ0) is 15.5. The first-order valence-electron chi connectivity index (χ1n) is 7.15. The fourth-order valence-electron chi connectivity index (χ4n) is 2.79. The van der Waals surface area contributed by atoms with E-state index in [9.17, 15) is 18.3 Å². The number of hydrogen-bond donors (Lipinski definition) is 1. The lowest BCUT2D eigenvalue weighted by molar-refractivity contribution is -0.0546. The van der Waals surface area contributed by atoms with E-state index in [2.05, 4.69) is 16.6 Å². The number of ether oxygens (including phenoxy) is 1. The summed E-state index contributed by atoms with van der Waals surface area (Å²) < 4.78 is 42.9. The smallest absolute Gasteiger partial charge is 0.387 e. The number of aliphatic hydroxyl groups is 1. The molecule has 1 aliphatic heterocycles. The van der Waals surface area contributed by atoms with Gasteiger partial charge in [0.05, 0.1) is 5.60 Å². The fourth-order valence-corrected chi connectivity index (χ4v) is 2.79. The summed E-state index contributed by atoms with van der Waals surface area (Å²) in [6, 6.07) is 4.00. The first-order valence-corrected chi connectivity index (χ1v) is 7.15. The summed E-state index contributed by atoms with van der Waals surface area (Å²) in [5, 5.41) is 10.7. The lowest BCUT2D eigenvalue weighted by Gasteiger charge is -2.38. The maximum Gasteiger partial charge on any atom is 0.387 e. The number of hydrogen-bond acceptors (Lipinski definition) is 3. The van der Waals surface area contributed by atoms with Crippen molar-refractivity contribution >= 4 is 0 Å². The van der Waals surface area contributed by atoms with Crippen molar-refractivity contribution in [1.29, 1.82) is 0 Å². The Balaban J connectivity index is 2.18. The highest BCUT2D eigenvalue weighted by Gasteiger charge is 2.36. The summed E-state index contributed by atoms with van der Waals surface area (Å²) in [6.07, 6.45) is 1.77. The maximum atomic E-state index is 14.3. The van der Waals surface area contributed by atoms with Crippen molar-refractivity contribution in [1.82, 2.24) is 4.90 Å². The van der Waals surface area contributed by atoms with Gasteiger partial charge in [-0.2, -0.15) is 8.78 Å². The Labute approximate surface area is 122 Å². The van der Waals surface area contributed by atoms with Crippen molar-refractivity contribution in [2.24, 2.45) is 0 Å². The van der Waals surface area contributed by atoms with Crippen LogP contribution in [-0.2, 0) is 5.60 Å². The molecule has 0 unspecified atom stereocenters. The first kappa shape index (κ1) is 16.1. The molecule has 21 heavy (non-hydrogen) atoms. The van der Waals surface area contributed by atoms with Crippen molar-refractivity contribution in [3.63, 3.8) is 0 Å². The van der Waals surface area contributed by atoms with Crippen LogP contribution in [0, 0.1) is 5.82 Å². The molecular weight excluding hydrogens is 283 g/mol. The second-order valence-corrected chi connectivity index (χ2v) is 5.37. The third kappa shape index (κ3) is 3.68. The third-order valence-electron chi connectivity index (χ3n) is 3.90. The molecule has 0 atom stereocenters. The van der Waals surface area contributed by atoms with Crippen LogP contribution in [-0.4, -0.2) is 36.3 Å². The maximum absolute atomic E-state index is 14.3. The minimum atomic E-state index is -3.09. The van der Waals surface area contributed by atoms with E-state index in [-0.39, 0.29) is 5.56 Å². The molecule has 0 aliphatic carbocycles. The minimum absolute atomic E-state index is 0.0387. The van der Waals surface area contributed by atoms with Gasteiger partial charge in [-0.1, -0.05) is 19.1 Å². The second-order valence-electron chi connectivity index (χ2n) is 5.37. The zero-order valence-electron chi connectivity index (χ0n) is 12.0. The van der Waals surface area contributed by atoms with Crippen LogP contribution >= 0.6 is 0 Å². The second kappa shape index (κ2) is 6.66. The van der Waals surface area contributed by atoms with Crippen LogP contribution in [0.15, 0.2) is 18.2 Å². The summed E-state index contributed by atoms with van der Waals surface area (Å²) in [5.41, 5.74) is -1.28. The van der Waals surface area contributed by atoms with Gasteiger partial charge in [-0.05, 0) is 31.9 Å². The molecular formula is C15H20F3NO2. The third-order valence-corrected chi connectivity index (χ3v) is 3.90. The minimum Gasteiger partial charge on any atom is -0.432 e. The quantitative estimate of drug-likeness (QED) is 0.907. The predicted octanol–water partition coefficient (Wildman–Crippen LogP) is 3.12. The molecule has 1 saturated heterocycles. The van der Waals surface area contributed by atoms with E-state index in [1.165, 1.54) is 12.1 Å². The summed E-state index contributed by atoms with van der Waals surface area (Å²) in [4.78, 5) is 2.20. The van der Waals surface area contributed by atoms with Gasteiger partial charge in [0.25, 0.3) is 0 Å². The van der Waals surface area contributed by atoms with E-state index in [4.69, 9.17) is 0 Å². The van der Waals surface area contributed by atoms with Crippen molar-refractivity contribution < 1.29 is 23.0 Å². The van der Waals surface area contributed by atoms with Crippen LogP contribution in [0.25, 0.3) is 0 Å². The highest BCUT2D eigenvalue weighted by molar-refractivity contribution is 5.35. The molecule has 0 aromatic heterocycles. The Morgan fingerprint density at radius 1 is 1.33 bits per heavy atom. The van der Waals surface area contributed by atoms with Crippen LogP contribution < -0.4 is 4.74 Å². The highest BCUT2D eigenvalue weighted by atomic mass is 19.3. The van der Waals surface area contributed by atoms with Gasteiger partial charge in [0.1, 0.15) is 0 Å². The molecule has 118 valence electrons. The summed E-state index contributed by atoms with van der Waals surface area (Å²) in [7, 11) is 0. The monoisotopic (exact) mass is 303 g/mol. The van der Waals surface area contributed by atoms with Crippen molar-refractivity contribution in [2.75, 3.05) is 19.6 Å². The van der Waals surface area contributed by atoms with Crippen LogP contribution in [0.5, 0.6) is 5.75 Å². The van der Waals surface area contributed by atoms with Gasteiger partial charge in [0.2, 0.25) is 0 Å². The molecule has 0 saturated carbocycles. The number of rotatable bonds is 5. The van der Waals surface area contributed by atoms with E-state index in [0.717, 1.165) is 19.0 Å². The molecule has 1 N–H and O–H groups in total. The van der Waals surface area contributed by atoms with Crippen molar-refractivity contribution in [2.45, 2.75) is 38.4 Å². The number of alkyl halides is 2. The number of piperidine rings is 1. The molecule has 0 amide bonds. The van der Waals surface area contributed by atoms with E-state index in [1.54, 1.807) is 0 Å². The average molecular weight is 303 g/mol. The normalized spacial score (nSPS) is 19.0. The van der Waals surface area contributed by atoms with Crippen molar-refractivity contribution in [3.05, 3.63) is 29.6 Å². The largest absolute Gasteiger partial charge is 0.432 e. The predicted molar refractivity (Wildman–Crippen MR) is 72.9 cm³/mol. The van der Waals surface area contributed by atoms with Crippen LogP contribution in [0.1, 0.15) is 31.7 Å². The Hall–Kier alpha value is -1.27. The first-order chi connectivity index (χ1) is 9.96. The SMILES string of the molecule is CCCN1CCC(O)(c2cccc(OC(F)F)c2F)CC1. The Bertz CT molecular complexity index is 474. The Kier molecular flexibility index (Phi) is 5.11. The van der Waals surface area contributed by atoms with E-state index >= 15 is 0 Å². The molecule has 1 heterocycles. The van der Waals surface area contributed by atoms with E-state index in [0.29, 0.717) is 25.9 Å². The molecule has 1 aromatic rings. The molecule has 0 spiro atoms. The molecule has 0 radical (unpaired) electrons. The van der Waals surface area contributed by atoms with Crippen LogP contribution in [0.3, 0.4) is 0 Å². The van der Waals surface area contributed by atoms with Gasteiger partial charge >= 0.3 is 6.61 Å².